The molecule has 1 N–H and O–H groups in total. The van der Waals surface area contributed by atoms with Gasteiger partial charge < -0.3 is 5.32 Å². The van der Waals surface area contributed by atoms with E-state index in [-0.39, 0.29) is 11.6 Å². The topological polar surface area (TPSA) is 35.8 Å². The molecule has 2 aromatic rings. The maximum Gasteiger partial charge on any atom is 0.140 e. The Morgan fingerprint density at radius 1 is 1.25 bits per heavy atom. The summed E-state index contributed by atoms with van der Waals surface area (Å²) < 4.78 is 14.3. The van der Waals surface area contributed by atoms with Gasteiger partial charge in [-0.2, -0.15) is 5.26 Å². The summed E-state index contributed by atoms with van der Waals surface area (Å²) in [7, 11) is 0. The summed E-state index contributed by atoms with van der Waals surface area (Å²) in [5, 5.41) is 12.2. The first-order valence-corrected chi connectivity index (χ1v) is 7.07. The van der Waals surface area contributed by atoms with Crippen LogP contribution >= 0.6 is 15.9 Å². The van der Waals surface area contributed by atoms with Crippen molar-refractivity contribution in [1.82, 2.24) is 5.32 Å². The SMILES string of the molecule is CC(NCc1ccc(F)c(C#N)c1)c1ccc(Br)cc1. The molecular formula is C16H14BrFN2. The van der Waals surface area contributed by atoms with Crippen molar-refractivity contribution in [3.8, 4) is 6.07 Å². The van der Waals surface area contributed by atoms with Crippen molar-refractivity contribution in [1.29, 1.82) is 5.26 Å². The average molecular weight is 333 g/mol. The number of nitrogens with one attached hydrogen (secondary N) is 1. The van der Waals surface area contributed by atoms with Gasteiger partial charge in [0.05, 0.1) is 5.56 Å². The normalized spacial score (nSPS) is 11.9. The second-order valence-corrected chi connectivity index (χ2v) is 5.50. The van der Waals surface area contributed by atoms with Crippen LogP contribution in [0.15, 0.2) is 46.9 Å². The molecular weight excluding hydrogens is 319 g/mol. The van der Waals surface area contributed by atoms with E-state index in [9.17, 15) is 4.39 Å². The molecule has 0 aliphatic heterocycles. The molecule has 2 aromatic carbocycles. The van der Waals surface area contributed by atoms with Crippen molar-refractivity contribution in [3.63, 3.8) is 0 Å². The zero-order valence-corrected chi connectivity index (χ0v) is 12.6. The van der Waals surface area contributed by atoms with E-state index in [1.54, 1.807) is 12.1 Å². The minimum absolute atomic E-state index is 0.0839. The van der Waals surface area contributed by atoms with E-state index >= 15 is 0 Å². The lowest BCUT2D eigenvalue weighted by Crippen LogP contribution is -2.18. The fourth-order valence-corrected chi connectivity index (χ4v) is 2.17. The maximum atomic E-state index is 13.2. The zero-order valence-electron chi connectivity index (χ0n) is 11.0. The number of benzene rings is 2. The van der Waals surface area contributed by atoms with Gasteiger partial charge in [-0.3, -0.25) is 0 Å². The van der Waals surface area contributed by atoms with Gasteiger partial charge in [-0.05, 0) is 42.3 Å². The van der Waals surface area contributed by atoms with E-state index in [1.165, 1.54) is 11.6 Å². The molecule has 0 heterocycles. The maximum absolute atomic E-state index is 13.2. The molecule has 102 valence electrons. The molecule has 1 unspecified atom stereocenters. The van der Waals surface area contributed by atoms with Crippen LogP contribution in [-0.2, 0) is 6.54 Å². The predicted octanol–water partition coefficient (Wildman–Crippen LogP) is 4.31. The molecule has 0 fully saturated rings. The third kappa shape index (κ3) is 3.66. The third-order valence-electron chi connectivity index (χ3n) is 3.13. The highest BCUT2D eigenvalue weighted by Crippen LogP contribution is 2.17. The van der Waals surface area contributed by atoms with Gasteiger partial charge in [-0.1, -0.05) is 34.1 Å². The number of hydrogen-bond acceptors (Lipinski definition) is 2. The first kappa shape index (κ1) is 14.7. The summed E-state index contributed by atoms with van der Waals surface area (Å²) >= 11 is 3.41. The lowest BCUT2D eigenvalue weighted by atomic mass is 10.1. The molecule has 2 nitrogen and oxygen atoms in total. The van der Waals surface area contributed by atoms with E-state index in [2.05, 4.69) is 28.2 Å². The van der Waals surface area contributed by atoms with Gasteiger partial charge in [-0.15, -0.1) is 0 Å². The fraction of sp³-hybridized carbons (Fsp3) is 0.188. The Kier molecular flexibility index (Phi) is 4.89. The standard InChI is InChI=1S/C16H14BrFN2/c1-11(13-3-5-15(17)6-4-13)20-10-12-2-7-16(18)14(8-12)9-19/h2-8,11,20H,10H2,1H3. The molecule has 0 saturated carbocycles. The molecule has 0 aliphatic carbocycles. The van der Waals surface area contributed by atoms with Crippen LogP contribution < -0.4 is 5.32 Å². The van der Waals surface area contributed by atoms with E-state index in [4.69, 9.17) is 5.26 Å². The lowest BCUT2D eigenvalue weighted by molar-refractivity contribution is 0.572. The van der Waals surface area contributed by atoms with Crippen molar-refractivity contribution in [2.24, 2.45) is 0 Å². The Hall–Kier alpha value is -1.70. The van der Waals surface area contributed by atoms with Gasteiger partial charge >= 0.3 is 0 Å². The van der Waals surface area contributed by atoms with Gasteiger partial charge in [0.25, 0.3) is 0 Å². The highest BCUT2D eigenvalue weighted by Gasteiger charge is 2.06. The summed E-state index contributed by atoms with van der Waals surface area (Å²) in [6, 6.07) is 14.7. The van der Waals surface area contributed by atoms with Crippen LogP contribution in [0.1, 0.15) is 29.7 Å². The van der Waals surface area contributed by atoms with Gasteiger partial charge in [-0.25, -0.2) is 4.39 Å². The summed E-state index contributed by atoms with van der Waals surface area (Å²) in [5.41, 5.74) is 2.16. The lowest BCUT2D eigenvalue weighted by Gasteiger charge is -2.14. The minimum Gasteiger partial charge on any atom is -0.306 e. The quantitative estimate of drug-likeness (QED) is 0.905. The van der Waals surface area contributed by atoms with Gasteiger partial charge in [0.2, 0.25) is 0 Å². The minimum atomic E-state index is -0.475. The smallest absolute Gasteiger partial charge is 0.140 e. The summed E-state index contributed by atoms with van der Waals surface area (Å²) in [6.45, 7) is 2.66. The van der Waals surface area contributed by atoms with Gasteiger partial charge in [0.1, 0.15) is 11.9 Å². The van der Waals surface area contributed by atoms with E-state index in [1.807, 2.05) is 30.3 Å². The van der Waals surface area contributed by atoms with Crippen molar-refractivity contribution >= 4 is 15.9 Å². The van der Waals surface area contributed by atoms with E-state index in [0.717, 1.165) is 10.0 Å². The van der Waals surface area contributed by atoms with Crippen molar-refractivity contribution in [2.45, 2.75) is 19.5 Å². The Morgan fingerprint density at radius 3 is 2.60 bits per heavy atom. The molecule has 0 aliphatic rings. The summed E-state index contributed by atoms with van der Waals surface area (Å²) in [4.78, 5) is 0. The Balaban J connectivity index is 2.01. The second kappa shape index (κ2) is 6.65. The molecule has 0 aromatic heterocycles. The van der Waals surface area contributed by atoms with Crippen molar-refractivity contribution in [3.05, 3.63) is 69.4 Å². The molecule has 2 rings (SSSR count). The highest BCUT2D eigenvalue weighted by atomic mass is 79.9. The Bertz CT molecular complexity index is 632. The van der Waals surface area contributed by atoms with Crippen LogP contribution in [0.3, 0.4) is 0 Å². The summed E-state index contributed by atoms with van der Waals surface area (Å²) in [5.74, 6) is -0.475. The van der Waals surface area contributed by atoms with E-state index in [0.29, 0.717) is 6.54 Å². The summed E-state index contributed by atoms with van der Waals surface area (Å²) in [6.07, 6.45) is 0. The molecule has 0 spiro atoms. The number of nitriles is 1. The van der Waals surface area contributed by atoms with Crippen molar-refractivity contribution < 1.29 is 4.39 Å². The molecule has 0 amide bonds. The third-order valence-corrected chi connectivity index (χ3v) is 3.66. The highest BCUT2D eigenvalue weighted by molar-refractivity contribution is 9.10. The Labute approximate surface area is 126 Å². The first-order valence-electron chi connectivity index (χ1n) is 6.27. The number of halogens is 2. The number of hydrogen-bond donors (Lipinski definition) is 1. The molecule has 0 bridgehead atoms. The van der Waals surface area contributed by atoms with Crippen LogP contribution in [0.25, 0.3) is 0 Å². The van der Waals surface area contributed by atoms with Crippen LogP contribution in [0.5, 0.6) is 0 Å². The molecule has 4 heteroatoms. The second-order valence-electron chi connectivity index (χ2n) is 4.58. The fourth-order valence-electron chi connectivity index (χ4n) is 1.91. The van der Waals surface area contributed by atoms with Crippen molar-refractivity contribution in [2.75, 3.05) is 0 Å². The Morgan fingerprint density at radius 2 is 1.95 bits per heavy atom. The van der Waals surface area contributed by atoms with Crippen LogP contribution in [0, 0.1) is 17.1 Å². The van der Waals surface area contributed by atoms with Gasteiger partial charge in [0.15, 0.2) is 0 Å². The monoisotopic (exact) mass is 332 g/mol. The largest absolute Gasteiger partial charge is 0.306 e. The predicted molar refractivity (Wildman–Crippen MR) is 80.5 cm³/mol. The molecule has 1 atom stereocenters. The van der Waals surface area contributed by atoms with Crippen LogP contribution in [-0.4, -0.2) is 0 Å². The molecule has 0 saturated heterocycles. The first-order chi connectivity index (χ1) is 9.60. The molecule has 20 heavy (non-hydrogen) atoms. The number of rotatable bonds is 4. The zero-order chi connectivity index (χ0) is 14.5. The van der Waals surface area contributed by atoms with Gasteiger partial charge in [0, 0.05) is 17.1 Å². The van der Waals surface area contributed by atoms with Crippen LogP contribution in [0.4, 0.5) is 4.39 Å². The van der Waals surface area contributed by atoms with E-state index < -0.39 is 5.82 Å². The number of nitrogens with zero attached hydrogens (tertiary/aromatic N) is 1. The average Bonchev–Trinajstić information content (AvgIpc) is 2.46. The molecule has 0 radical (unpaired) electrons. The van der Waals surface area contributed by atoms with Crippen LogP contribution in [0.2, 0.25) is 0 Å².